The van der Waals surface area contributed by atoms with Crippen LogP contribution in [0.2, 0.25) is 0 Å². The second-order valence-electron chi connectivity index (χ2n) is 4.94. The van der Waals surface area contributed by atoms with Crippen molar-refractivity contribution in [3.05, 3.63) is 0 Å². The van der Waals surface area contributed by atoms with Crippen LogP contribution in [-0.4, -0.2) is 49.4 Å². The van der Waals surface area contributed by atoms with Crippen LogP contribution in [-0.2, 0) is 9.59 Å². The second kappa shape index (κ2) is 6.00. The third-order valence-electron chi connectivity index (χ3n) is 3.31. The number of nitrogens with zero attached hydrogens (tertiary/aromatic N) is 1. The van der Waals surface area contributed by atoms with Crippen LogP contribution in [0.3, 0.4) is 0 Å². The zero-order chi connectivity index (χ0) is 12.1. The van der Waals surface area contributed by atoms with Crippen LogP contribution < -0.4 is 10.6 Å². The van der Waals surface area contributed by atoms with Gasteiger partial charge in [0.15, 0.2) is 0 Å². The molecule has 2 amide bonds. The van der Waals surface area contributed by atoms with Gasteiger partial charge in [0.05, 0.1) is 13.1 Å². The van der Waals surface area contributed by atoms with Crippen molar-refractivity contribution >= 4 is 11.8 Å². The van der Waals surface area contributed by atoms with E-state index in [-0.39, 0.29) is 18.4 Å². The average Bonchev–Trinajstić information content (AvgIpc) is 2.97. The van der Waals surface area contributed by atoms with Gasteiger partial charge in [-0.15, -0.1) is 0 Å². The Labute approximate surface area is 102 Å². The van der Waals surface area contributed by atoms with Crippen molar-refractivity contribution in [1.82, 2.24) is 15.5 Å². The highest BCUT2D eigenvalue weighted by Crippen LogP contribution is 2.27. The zero-order valence-corrected chi connectivity index (χ0v) is 10.2. The number of likely N-dealkylation sites (tertiary alicyclic amines) is 1. The summed E-state index contributed by atoms with van der Waals surface area (Å²) >= 11 is 0. The third kappa shape index (κ3) is 4.34. The Bertz CT molecular complexity index is 283. The van der Waals surface area contributed by atoms with E-state index in [1.807, 2.05) is 4.90 Å². The maximum absolute atomic E-state index is 11.6. The molecule has 17 heavy (non-hydrogen) atoms. The van der Waals surface area contributed by atoms with Crippen LogP contribution in [0, 0.1) is 5.92 Å². The summed E-state index contributed by atoms with van der Waals surface area (Å²) in [6, 6.07) is 0. The molecule has 0 unspecified atom stereocenters. The van der Waals surface area contributed by atoms with Crippen LogP contribution in [0.4, 0.5) is 0 Å². The Balaban J connectivity index is 1.53. The van der Waals surface area contributed by atoms with Crippen LogP contribution in [0.5, 0.6) is 0 Å². The van der Waals surface area contributed by atoms with E-state index in [1.165, 1.54) is 12.8 Å². The molecule has 1 aliphatic heterocycles. The van der Waals surface area contributed by atoms with Crippen molar-refractivity contribution in [3.63, 3.8) is 0 Å². The number of carbonyl (C=O) groups is 2. The first-order valence-electron chi connectivity index (χ1n) is 6.51. The van der Waals surface area contributed by atoms with E-state index < -0.39 is 0 Å². The van der Waals surface area contributed by atoms with Gasteiger partial charge in [0.2, 0.25) is 11.8 Å². The molecule has 2 N–H and O–H groups in total. The van der Waals surface area contributed by atoms with Crippen molar-refractivity contribution in [3.8, 4) is 0 Å². The lowest BCUT2D eigenvalue weighted by atomic mass is 10.4. The van der Waals surface area contributed by atoms with E-state index in [1.54, 1.807) is 0 Å². The summed E-state index contributed by atoms with van der Waals surface area (Å²) in [5, 5.41) is 5.76. The molecule has 1 aliphatic carbocycles. The lowest BCUT2D eigenvalue weighted by molar-refractivity contribution is -0.131. The molecular weight excluding hydrogens is 218 g/mol. The Hall–Kier alpha value is -1.10. The lowest BCUT2D eigenvalue weighted by Crippen LogP contribution is -2.42. The summed E-state index contributed by atoms with van der Waals surface area (Å²) in [6.45, 7) is 3.07. The first-order chi connectivity index (χ1) is 8.25. The molecule has 2 rings (SSSR count). The lowest BCUT2D eigenvalue weighted by Gasteiger charge is -2.15. The van der Waals surface area contributed by atoms with Crippen molar-refractivity contribution in [2.24, 2.45) is 5.92 Å². The molecule has 1 saturated heterocycles. The Kier molecular flexibility index (Phi) is 4.36. The summed E-state index contributed by atoms with van der Waals surface area (Å²) in [5.74, 6) is 0.727. The van der Waals surface area contributed by atoms with Crippen LogP contribution >= 0.6 is 0 Å². The van der Waals surface area contributed by atoms with Gasteiger partial charge in [-0.3, -0.25) is 9.59 Å². The molecule has 5 nitrogen and oxygen atoms in total. The molecule has 0 aromatic rings. The molecule has 1 saturated carbocycles. The normalized spacial score (nSPS) is 19.4. The predicted octanol–water partition coefficient (Wildman–Crippen LogP) is -0.275. The predicted molar refractivity (Wildman–Crippen MR) is 64.4 cm³/mol. The summed E-state index contributed by atoms with van der Waals surface area (Å²) in [6.07, 6.45) is 4.73. The van der Waals surface area contributed by atoms with Gasteiger partial charge in [0.1, 0.15) is 0 Å². The minimum absolute atomic E-state index is 0.0399. The number of hydrogen-bond acceptors (Lipinski definition) is 3. The van der Waals surface area contributed by atoms with E-state index in [0.29, 0.717) is 6.54 Å². The van der Waals surface area contributed by atoms with Gasteiger partial charge in [-0.2, -0.15) is 0 Å². The van der Waals surface area contributed by atoms with Crippen molar-refractivity contribution in [2.45, 2.75) is 25.7 Å². The summed E-state index contributed by atoms with van der Waals surface area (Å²) in [5.41, 5.74) is 0. The molecule has 0 spiro atoms. The van der Waals surface area contributed by atoms with E-state index in [2.05, 4.69) is 10.6 Å². The quantitative estimate of drug-likeness (QED) is 0.670. The molecule has 0 aromatic heterocycles. The molecule has 2 fully saturated rings. The number of amides is 2. The Morgan fingerprint density at radius 1 is 1.12 bits per heavy atom. The van der Waals surface area contributed by atoms with E-state index in [9.17, 15) is 9.59 Å². The van der Waals surface area contributed by atoms with Gasteiger partial charge < -0.3 is 15.5 Å². The van der Waals surface area contributed by atoms with Crippen molar-refractivity contribution in [2.75, 3.05) is 32.7 Å². The smallest absolute Gasteiger partial charge is 0.241 e. The standard InChI is InChI=1S/C12H21N3O2/c16-11(8-13-7-10-3-4-10)14-9-12(17)15-5-1-2-6-15/h10,13H,1-9H2,(H,14,16). The minimum atomic E-state index is -0.0850. The highest BCUT2D eigenvalue weighted by atomic mass is 16.2. The average molecular weight is 239 g/mol. The minimum Gasteiger partial charge on any atom is -0.346 e. The molecular formula is C12H21N3O2. The number of carbonyl (C=O) groups excluding carboxylic acids is 2. The Morgan fingerprint density at radius 2 is 1.82 bits per heavy atom. The van der Waals surface area contributed by atoms with Crippen LogP contribution in [0.15, 0.2) is 0 Å². The number of rotatable bonds is 6. The van der Waals surface area contributed by atoms with Gasteiger partial charge in [0, 0.05) is 13.1 Å². The van der Waals surface area contributed by atoms with Crippen molar-refractivity contribution < 1.29 is 9.59 Å². The van der Waals surface area contributed by atoms with Gasteiger partial charge in [0.25, 0.3) is 0 Å². The van der Waals surface area contributed by atoms with Gasteiger partial charge in [-0.25, -0.2) is 0 Å². The summed E-state index contributed by atoms with van der Waals surface area (Å²) < 4.78 is 0. The fraction of sp³-hybridized carbons (Fsp3) is 0.833. The Morgan fingerprint density at radius 3 is 2.47 bits per heavy atom. The molecule has 0 radical (unpaired) electrons. The fourth-order valence-electron chi connectivity index (χ4n) is 2.03. The van der Waals surface area contributed by atoms with Crippen molar-refractivity contribution in [1.29, 1.82) is 0 Å². The van der Waals surface area contributed by atoms with E-state index >= 15 is 0 Å². The molecule has 0 atom stereocenters. The van der Waals surface area contributed by atoms with Crippen LogP contribution in [0.1, 0.15) is 25.7 Å². The number of hydrogen-bond donors (Lipinski definition) is 2. The molecule has 96 valence electrons. The molecule has 0 aromatic carbocycles. The number of nitrogens with one attached hydrogen (secondary N) is 2. The van der Waals surface area contributed by atoms with Gasteiger partial charge >= 0.3 is 0 Å². The molecule has 5 heteroatoms. The first-order valence-corrected chi connectivity index (χ1v) is 6.51. The molecule has 0 bridgehead atoms. The fourth-order valence-corrected chi connectivity index (χ4v) is 2.03. The van der Waals surface area contributed by atoms with E-state index in [0.717, 1.165) is 38.4 Å². The first kappa shape index (κ1) is 12.4. The largest absolute Gasteiger partial charge is 0.346 e. The zero-order valence-electron chi connectivity index (χ0n) is 10.2. The van der Waals surface area contributed by atoms with Crippen LogP contribution in [0.25, 0.3) is 0 Å². The highest BCUT2D eigenvalue weighted by molar-refractivity contribution is 5.85. The molecule has 1 heterocycles. The third-order valence-corrected chi connectivity index (χ3v) is 3.31. The molecule has 2 aliphatic rings. The monoisotopic (exact) mass is 239 g/mol. The topological polar surface area (TPSA) is 61.4 Å². The maximum atomic E-state index is 11.6. The summed E-state index contributed by atoms with van der Waals surface area (Å²) in [4.78, 5) is 24.9. The summed E-state index contributed by atoms with van der Waals surface area (Å²) in [7, 11) is 0. The SMILES string of the molecule is O=C(CNCC1CC1)NCC(=O)N1CCCC1. The van der Waals surface area contributed by atoms with Gasteiger partial charge in [-0.1, -0.05) is 0 Å². The second-order valence-corrected chi connectivity index (χ2v) is 4.94. The van der Waals surface area contributed by atoms with Gasteiger partial charge in [-0.05, 0) is 38.1 Å². The maximum Gasteiger partial charge on any atom is 0.241 e. The van der Waals surface area contributed by atoms with E-state index in [4.69, 9.17) is 0 Å². The highest BCUT2D eigenvalue weighted by Gasteiger charge is 2.21.